The van der Waals surface area contributed by atoms with Crippen molar-refractivity contribution < 1.29 is 32.6 Å². The molecule has 2 aromatic rings. The molecular weight excluding hydrogens is 484 g/mol. The second kappa shape index (κ2) is 9.08. The Morgan fingerprint density at radius 2 is 1.62 bits per heavy atom. The molecule has 4 atom stereocenters. The Balaban J connectivity index is 1.25. The van der Waals surface area contributed by atoms with Gasteiger partial charge in [0.2, 0.25) is 0 Å². The number of piperidine rings is 1. The molecule has 10 heteroatoms. The summed E-state index contributed by atoms with van der Waals surface area (Å²) in [6.45, 7) is 6.55. The van der Waals surface area contributed by atoms with Crippen LogP contribution in [0.1, 0.15) is 32.3 Å². The van der Waals surface area contributed by atoms with Crippen molar-refractivity contribution in [2.24, 2.45) is 11.8 Å². The predicted molar refractivity (Wildman–Crippen MR) is 133 cm³/mol. The van der Waals surface area contributed by atoms with Gasteiger partial charge in [-0.15, -0.1) is 0 Å². The molecule has 0 aromatic heterocycles. The summed E-state index contributed by atoms with van der Waals surface area (Å²) in [5, 5.41) is 0. The Morgan fingerprint density at radius 1 is 1.03 bits per heavy atom. The van der Waals surface area contributed by atoms with E-state index in [-0.39, 0.29) is 35.5 Å². The summed E-state index contributed by atoms with van der Waals surface area (Å²) < 4.78 is 46.3. The van der Waals surface area contributed by atoms with E-state index in [9.17, 15) is 9.59 Å². The van der Waals surface area contributed by atoms with Gasteiger partial charge in [0.1, 0.15) is 23.0 Å². The number of cyclic esters (lactones) is 1. The molecule has 0 spiro atoms. The molecule has 2 amide bonds. The number of ether oxygens (including phenoxy) is 3. The summed E-state index contributed by atoms with van der Waals surface area (Å²) in [4.78, 5) is 29.3. The minimum atomic E-state index is -0.945. The van der Waals surface area contributed by atoms with Gasteiger partial charge >= 0.3 is 12.2 Å². The number of likely N-dealkylation sites (N-methyl/N-ethyl adjacent to an activating group) is 1. The number of nitrogens with zero attached hydrogens (tertiary/aromatic N) is 3. The Hall–Kier alpha value is -3.56. The Kier molecular flexibility index (Phi) is 6.16. The average molecular weight is 516 g/mol. The standard InChI is InChI=1S/C27H31F2N3O5/c1-27(2,3)37-25(33)30(4)22-14-32(26(34)36-22)16-10-20(28)24(21(29)11-16)23-18-12-31(13-19(18)23)15-6-8-17(35-5)9-7-15/h6-11,18-19,22-23H,12-14H2,1-5H3/t18-,19+,22-,23?/m0/s1. The molecular formula is C27H31F2N3O5. The topological polar surface area (TPSA) is 71.6 Å². The lowest BCUT2D eigenvalue weighted by Gasteiger charge is -2.27. The first-order chi connectivity index (χ1) is 17.5. The van der Waals surface area contributed by atoms with Crippen LogP contribution in [0.2, 0.25) is 0 Å². The van der Waals surface area contributed by atoms with E-state index >= 15 is 8.78 Å². The maximum Gasteiger partial charge on any atom is 0.416 e. The van der Waals surface area contributed by atoms with Crippen molar-refractivity contribution in [3.05, 3.63) is 53.6 Å². The Labute approximate surface area is 214 Å². The number of anilines is 2. The zero-order valence-electron chi connectivity index (χ0n) is 21.5. The molecule has 1 unspecified atom stereocenters. The van der Waals surface area contributed by atoms with Crippen molar-refractivity contribution in [1.29, 1.82) is 0 Å². The molecule has 3 aliphatic rings. The van der Waals surface area contributed by atoms with Gasteiger partial charge in [-0.1, -0.05) is 0 Å². The molecule has 2 saturated heterocycles. The van der Waals surface area contributed by atoms with E-state index in [1.165, 1.54) is 19.2 Å². The Bertz CT molecular complexity index is 1180. The number of carbonyl (C=O) groups excluding carboxylic acids is 2. The second-order valence-corrected chi connectivity index (χ2v) is 10.8. The summed E-state index contributed by atoms with van der Waals surface area (Å²) in [5.41, 5.74) is 0.460. The van der Waals surface area contributed by atoms with Gasteiger partial charge in [0, 0.05) is 31.4 Å². The second-order valence-electron chi connectivity index (χ2n) is 10.8. The molecule has 1 saturated carbocycles. The molecule has 0 bridgehead atoms. The lowest BCUT2D eigenvalue weighted by Crippen LogP contribution is -2.42. The predicted octanol–water partition coefficient (Wildman–Crippen LogP) is 4.97. The maximum atomic E-state index is 15.2. The normalized spacial score (nSPS) is 24.6. The first-order valence-corrected chi connectivity index (χ1v) is 12.3. The van der Waals surface area contributed by atoms with Gasteiger partial charge in [-0.3, -0.25) is 9.80 Å². The van der Waals surface area contributed by atoms with E-state index in [1.54, 1.807) is 27.9 Å². The van der Waals surface area contributed by atoms with Crippen LogP contribution in [-0.4, -0.2) is 62.7 Å². The van der Waals surface area contributed by atoms with Crippen LogP contribution in [0, 0.1) is 23.5 Å². The summed E-state index contributed by atoms with van der Waals surface area (Å²) in [6, 6.07) is 10.1. The van der Waals surface area contributed by atoms with Crippen LogP contribution in [0.15, 0.2) is 36.4 Å². The molecule has 3 fully saturated rings. The van der Waals surface area contributed by atoms with Gasteiger partial charge in [0.25, 0.3) is 0 Å². The first kappa shape index (κ1) is 25.1. The van der Waals surface area contributed by atoms with E-state index < -0.39 is 35.6 Å². The van der Waals surface area contributed by atoms with Crippen molar-refractivity contribution >= 4 is 23.6 Å². The Morgan fingerprint density at radius 3 is 2.16 bits per heavy atom. The van der Waals surface area contributed by atoms with Crippen LogP contribution in [0.25, 0.3) is 0 Å². The fraction of sp³-hybridized carbons (Fsp3) is 0.481. The van der Waals surface area contributed by atoms with Gasteiger partial charge in [0.15, 0.2) is 6.23 Å². The largest absolute Gasteiger partial charge is 0.497 e. The van der Waals surface area contributed by atoms with Crippen molar-refractivity contribution in [2.45, 2.75) is 38.5 Å². The molecule has 198 valence electrons. The van der Waals surface area contributed by atoms with Crippen LogP contribution in [-0.2, 0) is 9.47 Å². The molecule has 0 N–H and O–H groups in total. The third-order valence-electron chi connectivity index (χ3n) is 7.25. The smallest absolute Gasteiger partial charge is 0.416 e. The number of halogens is 2. The highest BCUT2D eigenvalue weighted by atomic mass is 19.1. The van der Waals surface area contributed by atoms with Gasteiger partial charge in [-0.05, 0) is 74.9 Å². The number of fused-ring (bicyclic) bond motifs is 1. The zero-order chi connectivity index (χ0) is 26.6. The first-order valence-electron chi connectivity index (χ1n) is 12.3. The summed E-state index contributed by atoms with van der Waals surface area (Å²) in [6.07, 6.45) is -2.39. The lowest BCUT2D eigenvalue weighted by atomic mass is 10.0. The molecule has 2 aliphatic heterocycles. The van der Waals surface area contributed by atoms with E-state index in [1.807, 2.05) is 24.3 Å². The summed E-state index contributed by atoms with van der Waals surface area (Å²) in [7, 11) is 3.06. The lowest BCUT2D eigenvalue weighted by molar-refractivity contribution is -0.00992. The van der Waals surface area contributed by atoms with E-state index in [4.69, 9.17) is 14.2 Å². The monoisotopic (exact) mass is 515 g/mol. The van der Waals surface area contributed by atoms with Crippen LogP contribution >= 0.6 is 0 Å². The fourth-order valence-corrected chi connectivity index (χ4v) is 5.32. The van der Waals surface area contributed by atoms with Gasteiger partial charge < -0.3 is 19.1 Å². The minimum Gasteiger partial charge on any atom is -0.497 e. The third-order valence-corrected chi connectivity index (χ3v) is 7.25. The highest BCUT2D eigenvalue weighted by Gasteiger charge is 2.58. The number of hydrogen-bond donors (Lipinski definition) is 0. The quantitative estimate of drug-likeness (QED) is 0.560. The third kappa shape index (κ3) is 4.76. The van der Waals surface area contributed by atoms with Gasteiger partial charge in [-0.25, -0.2) is 18.4 Å². The van der Waals surface area contributed by atoms with Crippen molar-refractivity contribution in [2.75, 3.05) is 43.6 Å². The average Bonchev–Trinajstić information content (AvgIpc) is 3.16. The highest BCUT2D eigenvalue weighted by Crippen LogP contribution is 2.60. The van der Waals surface area contributed by atoms with E-state index in [0.29, 0.717) is 0 Å². The van der Waals surface area contributed by atoms with Gasteiger partial charge in [-0.2, -0.15) is 0 Å². The number of benzene rings is 2. The van der Waals surface area contributed by atoms with Crippen molar-refractivity contribution in [3.8, 4) is 5.75 Å². The zero-order valence-corrected chi connectivity index (χ0v) is 21.5. The number of hydrogen-bond acceptors (Lipinski definition) is 6. The van der Waals surface area contributed by atoms with Crippen LogP contribution < -0.4 is 14.5 Å². The van der Waals surface area contributed by atoms with E-state index in [2.05, 4.69) is 4.90 Å². The van der Waals surface area contributed by atoms with Crippen LogP contribution in [0.3, 0.4) is 0 Å². The summed E-state index contributed by atoms with van der Waals surface area (Å²) in [5.74, 6) is -0.439. The van der Waals surface area contributed by atoms with Gasteiger partial charge in [0.05, 0.1) is 19.3 Å². The van der Waals surface area contributed by atoms with E-state index in [0.717, 1.165) is 34.3 Å². The molecule has 5 rings (SSSR count). The van der Waals surface area contributed by atoms with Crippen molar-refractivity contribution in [3.63, 3.8) is 0 Å². The number of rotatable bonds is 5. The SMILES string of the molecule is COc1ccc(N2C[C@@H]3C(c4c(F)cc(N5C[C@@H](N(C)C(=O)OC(C)(C)C)OC5=O)cc4F)[C@@H]3C2)cc1. The molecule has 0 radical (unpaired) electrons. The number of carbonyl (C=O) groups is 2. The number of methoxy groups -OCH3 is 1. The molecule has 37 heavy (non-hydrogen) atoms. The molecule has 2 heterocycles. The number of amides is 2. The molecule has 2 aromatic carbocycles. The van der Waals surface area contributed by atoms with Crippen LogP contribution in [0.4, 0.5) is 29.7 Å². The summed E-state index contributed by atoms with van der Waals surface area (Å²) >= 11 is 0. The maximum absolute atomic E-state index is 15.2. The van der Waals surface area contributed by atoms with Crippen LogP contribution in [0.5, 0.6) is 5.75 Å². The molecule has 1 aliphatic carbocycles. The molecule has 8 nitrogen and oxygen atoms in total. The minimum absolute atomic E-state index is 0.0505. The van der Waals surface area contributed by atoms with Crippen molar-refractivity contribution in [1.82, 2.24) is 4.90 Å². The fourth-order valence-electron chi connectivity index (χ4n) is 5.32. The highest BCUT2D eigenvalue weighted by molar-refractivity contribution is 5.90.